The number of carbonyl (C=O) groups is 1. The first-order chi connectivity index (χ1) is 10.6. The Balaban J connectivity index is 0.00000264. The molecule has 4 heteroatoms. The summed E-state index contributed by atoms with van der Waals surface area (Å²) in [5, 5.41) is 3.03. The van der Waals surface area contributed by atoms with Crippen molar-refractivity contribution < 1.29 is 4.79 Å². The van der Waals surface area contributed by atoms with Gasteiger partial charge < -0.3 is 11.1 Å². The number of nitrogens with one attached hydrogen (secondary N) is 1. The predicted octanol–water partition coefficient (Wildman–Crippen LogP) is 4.34. The first-order valence-electron chi connectivity index (χ1n) is 7.82. The average molecular weight is 333 g/mol. The van der Waals surface area contributed by atoms with Crippen LogP contribution in [-0.2, 0) is 11.2 Å². The van der Waals surface area contributed by atoms with E-state index in [1.165, 1.54) is 5.56 Å². The van der Waals surface area contributed by atoms with E-state index in [0.29, 0.717) is 0 Å². The van der Waals surface area contributed by atoms with Crippen LogP contribution in [0.4, 0.5) is 5.69 Å². The molecule has 1 amide bonds. The Morgan fingerprint density at radius 1 is 1.09 bits per heavy atom. The van der Waals surface area contributed by atoms with E-state index in [-0.39, 0.29) is 30.3 Å². The highest BCUT2D eigenvalue weighted by molar-refractivity contribution is 5.93. The third-order valence-electron chi connectivity index (χ3n) is 3.93. The highest BCUT2D eigenvalue weighted by Gasteiger charge is 2.22. The molecule has 0 aliphatic carbocycles. The fourth-order valence-electron chi connectivity index (χ4n) is 2.50. The summed E-state index contributed by atoms with van der Waals surface area (Å²) < 4.78 is 0. The van der Waals surface area contributed by atoms with Gasteiger partial charge in [-0.25, -0.2) is 0 Å². The number of amides is 1. The van der Waals surface area contributed by atoms with Crippen LogP contribution in [0.1, 0.15) is 37.4 Å². The summed E-state index contributed by atoms with van der Waals surface area (Å²) >= 11 is 0. The average Bonchev–Trinajstić information content (AvgIpc) is 2.56. The highest BCUT2D eigenvalue weighted by atomic mass is 35.5. The normalized spacial score (nSPS) is 12.8. The Bertz CT molecular complexity index is 616. The van der Waals surface area contributed by atoms with Crippen molar-refractivity contribution in [3.63, 3.8) is 0 Å². The monoisotopic (exact) mass is 332 g/mol. The summed E-state index contributed by atoms with van der Waals surface area (Å²) in [5.41, 5.74) is 9.26. The minimum Gasteiger partial charge on any atom is -0.326 e. The summed E-state index contributed by atoms with van der Waals surface area (Å²) in [5.74, 6) is -0.336. The molecule has 0 fully saturated rings. The number of carbonyl (C=O) groups excluding carboxylic acids is 1. The molecule has 2 aromatic rings. The van der Waals surface area contributed by atoms with Gasteiger partial charge in [0, 0.05) is 11.7 Å². The standard InChI is InChI=1S/C19H24N2O.ClH/c1-3-9-15-10-7-8-13-17(15)21-19(22)14(2)18(20)16-11-5-4-6-12-16;/h4-8,10-14,18H,3,9,20H2,1-2H3,(H,21,22);1H. The van der Waals surface area contributed by atoms with Crippen LogP contribution < -0.4 is 11.1 Å². The van der Waals surface area contributed by atoms with Gasteiger partial charge in [0.05, 0.1) is 5.92 Å². The number of nitrogens with two attached hydrogens (primary N) is 1. The van der Waals surface area contributed by atoms with E-state index in [2.05, 4.69) is 18.3 Å². The maximum absolute atomic E-state index is 12.5. The summed E-state index contributed by atoms with van der Waals surface area (Å²) in [6, 6.07) is 17.4. The quantitative estimate of drug-likeness (QED) is 0.827. The maximum atomic E-state index is 12.5. The number of benzene rings is 2. The molecule has 124 valence electrons. The van der Waals surface area contributed by atoms with E-state index in [0.717, 1.165) is 24.1 Å². The number of rotatable bonds is 6. The Kier molecular flexibility index (Phi) is 7.79. The maximum Gasteiger partial charge on any atom is 0.229 e. The van der Waals surface area contributed by atoms with Crippen LogP contribution in [0.15, 0.2) is 54.6 Å². The number of hydrogen-bond acceptors (Lipinski definition) is 2. The number of para-hydroxylation sites is 1. The van der Waals surface area contributed by atoms with Gasteiger partial charge in [-0.2, -0.15) is 0 Å². The van der Waals surface area contributed by atoms with Gasteiger partial charge in [0.15, 0.2) is 0 Å². The SMILES string of the molecule is CCCc1ccccc1NC(=O)C(C)C(N)c1ccccc1.Cl. The van der Waals surface area contributed by atoms with Gasteiger partial charge >= 0.3 is 0 Å². The van der Waals surface area contributed by atoms with Crippen LogP contribution in [0.2, 0.25) is 0 Å². The zero-order chi connectivity index (χ0) is 15.9. The lowest BCUT2D eigenvalue weighted by molar-refractivity contribution is -0.120. The van der Waals surface area contributed by atoms with Crippen molar-refractivity contribution >= 4 is 24.0 Å². The fourth-order valence-corrected chi connectivity index (χ4v) is 2.50. The van der Waals surface area contributed by atoms with E-state index in [9.17, 15) is 4.79 Å². The molecule has 2 unspecified atom stereocenters. The molecule has 0 aliphatic rings. The summed E-state index contributed by atoms with van der Waals surface area (Å²) in [7, 11) is 0. The van der Waals surface area contributed by atoms with Gasteiger partial charge in [0.2, 0.25) is 5.91 Å². The van der Waals surface area contributed by atoms with Crippen molar-refractivity contribution in [1.29, 1.82) is 0 Å². The third kappa shape index (κ3) is 5.08. The lowest BCUT2D eigenvalue weighted by atomic mass is 9.94. The van der Waals surface area contributed by atoms with Crippen molar-refractivity contribution in [2.75, 3.05) is 5.32 Å². The number of aryl methyl sites for hydroxylation is 1. The molecule has 0 bridgehead atoms. The fraction of sp³-hybridized carbons (Fsp3) is 0.316. The summed E-state index contributed by atoms with van der Waals surface area (Å²) in [6.07, 6.45) is 2.00. The largest absolute Gasteiger partial charge is 0.326 e. The number of halogens is 1. The van der Waals surface area contributed by atoms with Crippen LogP contribution >= 0.6 is 12.4 Å². The molecule has 2 atom stereocenters. The van der Waals surface area contributed by atoms with E-state index in [4.69, 9.17) is 5.73 Å². The lowest BCUT2D eigenvalue weighted by Gasteiger charge is -2.20. The third-order valence-corrected chi connectivity index (χ3v) is 3.93. The highest BCUT2D eigenvalue weighted by Crippen LogP contribution is 2.22. The first kappa shape index (κ1) is 19.2. The molecule has 0 spiro atoms. The van der Waals surface area contributed by atoms with Crippen molar-refractivity contribution in [3.8, 4) is 0 Å². The molecule has 0 radical (unpaired) electrons. The Morgan fingerprint density at radius 3 is 2.35 bits per heavy atom. The van der Waals surface area contributed by atoms with E-state index < -0.39 is 0 Å². The second kappa shape index (κ2) is 9.33. The van der Waals surface area contributed by atoms with Crippen LogP contribution in [-0.4, -0.2) is 5.91 Å². The molecule has 0 heterocycles. The van der Waals surface area contributed by atoms with Crippen molar-refractivity contribution in [1.82, 2.24) is 0 Å². The molecule has 3 N–H and O–H groups in total. The van der Waals surface area contributed by atoms with E-state index in [1.807, 2.05) is 55.5 Å². The van der Waals surface area contributed by atoms with Gasteiger partial charge in [-0.3, -0.25) is 4.79 Å². The molecular weight excluding hydrogens is 308 g/mol. The molecule has 2 rings (SSSR count). The van der Waals surface area contributed by atoms with E-state index in [1.54, 1.807) is 0 Å². The minimum absolute atomic E-state index is 0. The van der Waals surface area contributed by atoms with Gasteiger partial charge in [0.1, 0.15) is 0 Å². The Labute approximate surface area is 144 Å². The smallest absolute Gasteiger partial charge is 0.229 e. The molecule has 2 aromatic carbocycles. The second-order valence-electron chi connectivity index (χ2n) is 5.62. The zero-order valence-electron chi connectivity index (χ0n) is 13.7. The molecule has 23 heavy (non-hydrogen) atoms. The minimum atomic E-state index is -0.306. The Morgan fingerprint density at radius 2 is 1.70 bits per heavy atom. The predicted molar refractivity (Wildman–Crippen MR) is 98.8 cm³/mol. The second-order valence-corrected chi connectivity index (χ2v) is 5.62. The zero-order valence-corrected chi connectivity index (χ0v) is 14.5. The topological polar surface area (TPSA) is 55.1 Å². The van der Waals surface area contributed by atoms with Gasteiger partial charge in [-0.15, -0.1) is 12.4 Å². The first-order valence-corrected chi connectivity index (χ1v) is 7.82. The van der Waals surface area contributed by atoms with Crippen LogP contribution in [0.5, 0.6) is 0 Å². The van der Waals surface area contributed by atoms with Gasteiger partial charge in [0.25, 0.3) is 0 Å². The molecule has 0 aliphatic heterocycles. The van der Waals surface area contributed by atoms with Gasteiger partial charge in [-0.05, 0) is 23.6 Å². The Hall–Kier alpha value is -1.84. The van der Waals surface area contributed by atoms with Gasteiger partial charge in [-0.1, -0.05) is 68.8 Å². The van der Waals surface area contributed by atoms with Crippen molar-refractivity contribution in [2.45, 2.75) is 32.7 Å². The molecule has 0 aromatic heterocycles. The number of hydrogen-bond donors (Lipinski definition) is 2. The molecular formula is C19H25ClN2O. The summed E-state index contributed by atoms with van der Waals surface area (Å²) in [4.78, 5) is 12.5. The molecule has 0 saturated heterocycles. The molecule has 3 nitrogen and oxygen atoms in total. The van der Waals surface area contributed by atoms with Crippen molar-refractivity contribution in [2.24, 2.45) is 11.7 Å². The van der Waals surface area contributed by atoms with E-state index >= 15 is 0 Å². The van der Waals surface area contributed by atoms with Crippen LogP contribution in [0.25, 0.3) is 0 Å². The molecule has 0 saturated carbocycles. The summed E-state index contributed by atoms with van der Waals surface area (Å²) in [6.45, 7) is 4.00. The van der Waals surface area contributed by atoms with Crippen LogP contribution in [0.3, 0.4) is 0 Å². The van der Waals surface area contributed by atoms with Crippen molar-refractivity contribution in [3.05, 3.63) is 65.7 Å². The lowest BCUT2D eigenvalue weighted by Crippen LogP contribution is -2.30. The van der Waals surface area contributed by atoms with Crippen LogP contribution in [0, 0.1) is 5.92 Å². The number of anilines is 1.